The molecule has 0 aliphatic carbocycles. The van der Waals surface area contributed by atoms with Gasteiger partial charge in [-0.25, -0.2) is 0 Å². The van der Waals surface area contributed by atoms with Crippen LogP contribution in [0.3, 0.4) is 0 Å². The molecule has 122 valence electrons. The van der Waals surface area contributed by atoms with Crippen LogP contribution in [0.5, 0.6) is 0 Å². The van der Waals surface area contributed by atoms with Gasteiger partial charge < -0.3 is 10.6 Å². The molecule has 1 unspecified atom stereocenters. The first-order valence-electron chi connectivity index (χ1n) is 8.17. The Morgan fingerprint density at radius 1 is 0.958 bits per heavy atom. The summed E-state index contributed by atoms with van der Waals surface area (Å²) in [5.74, 6) is 0. The monoisotopic (exact) mass is 334 g/mol. The highest BCUT2D eigenvalue weighted by Gasteiger charge is 2.11. The molecule has 1 atom stereocenters. The number of nitrogens with one attached hydrogen (secondary N) is 2. The Hall–Kier alpha value is -2.39. The highest BCUT2D eigenvalue weighted by atomic mass is 32.1. The van der Waals surface area contributed by atoms with E-state index in [2.05, 4.69) is 73.9 Å². The SMILES string of the molecule is Cc1ccc(C)c(C(C)NC(=S)Nc2cccc3ccccc23)c1. The van der Waals surface area contributed by atoms with Crippen molar-refractivity contribution >= 4 is 33.8 Å². The minimum atomic E-state index is 0.153. The van der Waals surface area contributed by atoms with Gasteiger partial charge in [0.05, 0.1) is 6.04 Å². The molecule has 2 nitrogen and oxygen atoms in total. The van der Waals surface area contributed by atoms with E-state index in [9.17, 15) is 0 Å². The van der Waals surface area contributed by atoms with Gasteiger partial charge >= 0.3 is 0 Å². The fourth-order valence-electron chi connectivity index (χ4n) is 2.99. The molecule has 3 heteroatoms. The molecule has 2 N–H and O–H groups in total. The van der Waals surface area contributed by atoms with Crippen molar-refractivity contribution in [2.45, 2.75) is 26.8 Å². The first-order valence-corrected chi connectivity index (χ1v) is 8.58. The van der Waals surface area contributed by atoms with Gasteiger partial charge in [-0.15, -0.1) is 0 Å². The lowest BCUT2D eigenvalue weighted by Crippen LogP contribution is -2.31. The maximum absolute atomic E-state index is 5.53. The van der Waals surface area contributed by atoms with Crippen LogP contribution in [0.4, 0.5) is 5.69 Å². The Bertz CT molecular complexity index is 881. The summed E-state index contributed by atoms with van der Waals surface area (Å²) in [6, 6.07) is 21.2. The van der Waals surface area contributed by atoms with E-state index in [-0.39, 0.29) is 6.04 Å². The van der Waals surface area contributed by atoms with E-state index >= 15 is 0 Å². The molecule has 0 heterocycles. The Morgan fingerprint density at radius 3 is 2.54 bits per heavy atom. The van der Waals surface area contributed by atoms with Crippen LogP contribution in [0.15, 0.2) is 60.7 Å². The number of anilines is 1. The van der Waals surface area contributed by atoms with E-state index in [1.54, 1.807) is 0 Å². The van der Waals surface area contributed by atoms with Gasteiger partial charge in [-0.3, -0.25) is 0 Å². The molecule has 0 bridgehead atoms. The van der Waals surface area contributed by atoms with Crippen molar-refractivity contribution in [1.29, 1.82) is 0 Å². The van der Waals surface area contributed by atoms with Gasteiger partial charge in [0, 0.05) is 11.1 Å². The van der Waals surface area contributed by atoms with Crippen LogP contribution in [0, 0.1) is 13.8 Å². The zero-order valence-corrected chi connectivity index (χ0v) is 15.1. The Balaban J connectivity index is 1.76. The van der Waals surface area contributed by atoms with Gasteiger partial charge in [0.1, 0.15) is 0 Å². The number of hydrogen-bond acceptors (Lipinski definition) is 1. The van der Waals surface area contributed by atoms with E-state index in [1.807, 2.05) is 18.2 Å². The Kier molecular flexibility index (Phi) is 4.81. The molecule has 0 saturated heterocycles. The van der Waals surface area contributed by atoms with E-state index in [1.165, 1.54) is 27.5 Å². The van der Waals surface area contributed by atoms with Crippen LogP contribution in [0.25, 0.3) is 10.8 Å². The Morgan fingerprint density at radius 2 is 1.71 bits per heavy atom. The first-order chi connectivity index (χ1) is 11.5. The fraction of sp³-hybridized carbons (Fsp3) is 0.190. The van der Waals surface area contributed by atoms with Crippen LogP contribution in [-0.4, -0.2) is 5.11 Å². The lowest BCUT2D eigenvalue weighted by atomic mass is 10.0. The predicted octanol–water partition coefficient (Wildman–Crippen LogP) is 5.50. The van der Waals surface area contributed by atoms with Crippen LogP contribution in [-0.2, 0) is 0 Å². The first kappa shape index (κ1) is 16.5. The van der Waals surface area contributed by atoms with Gasteiger partial charge in [0.15, 0.2) is 5.11 Å². The van der Waals surface area contributed by atoms with Gasteiger partial charge in [0.2, 0.25) is 0 Å². The van der Waals surface area contributed by atoms with Gasteiger partial charge in [-0.1, -0.05) is 60.2 Å². The minimum Gasteiger partial charge on any atom is -0.356 e. The zero-order valence-electron chi connectivity index (χ0n) is 14.3. The molecular weight excluding hydrogens is 312 g/mol. The third-order valence-corrected chi connectivity index (χ3v) is 4.51. The zero-order chi connectivity index (χ0) is 17.1. The van der Waals surface area contributed by atoms with E-state index in [4.69, 9.17) is 12.2 Å². The van der Waals surface area contributed by atoms with Crippen LogP contribution in [0.1, 0.15) is 29.7 Å². The van der Waals surface area contributed by atoms with Crippen LogP contribution in [0.2, 0.25) is 0 Å². The smallest absolute Gasteiger partial charge is 0.171 e. The number of rotatable bonds is 3. The maximum Gasteiger partial charge on any atom is 0.171 e. The molecule has 0 aromatic heterocycles. The van der Waals surface area contributed by atoms with Gasteiger partial charge in [0.25, 0.3) is 0 Å². The van der Waals surface area contributed by atoms with E-state index in [0.29, 0.717) is 5.11 Å². The summed E-state index contributed by atoms with van der Waals surface area (Å²) < 4.78 is 0. The summed E-state index contributed by atoms with van der Waals surface area (Å²) in [5.41, 5.74) is 4.83. The molecule has 0 saturated carbocycles. The maximum atomic E-state index is 5.53. The molecule has 0 aliphatic rings. The molecule has 3 rings (SSSR count). The highest BCUT2D eigenvalue weighted by Crippen LogP contribution is 2.23. The molecule has 0 radical (unpaired) electrons. The van der Waals surface area contributed by atoms with Crippen molar-refractivity contribution in [3.63, 3.8) is 0 Å². The molecule has 3 aromatic rings. The lowest BCUT2D eigenvalue weighted by Gasteiger charge is -2.20. The number of thiocarbonyl (C=S) groups is 1. The van der Waals surface area contributed by atoms with E-state index in [0.717, 1.165) is 5.69 Å². The number of fused-ring (bicyclic) bond motifs is 1. The molecule has 0 spiro atoms. The standard InChI is InChI=1S/C21H22N2S/c1-14-11-12-15(2)19(13-14)16(3)22-21(24)23-20-10-6-8-17-7-4-5-9-18(17)20/h4-13,16H,1-3H3,(H2,22,23,24). The van der Waals surface area contributed by atoms with Crippen molar-refractivity contribution in [1.82, 2.24) is 5.32 Å². The summed E-state index contributed by atoms with van der Waals surface area (Å²) in [4.78, 5) is 0. The minimum absolute atomic E-state index is 0.153. The molecule has 3 aromatic carbocycles. The fourth-order valence-corrected chi connectivity index (χ4v) is 3.28. The largest absolute Gasteiger partial charge is 0.356 e. The number of hydrogen-bond donors (Lipinski definition) is 2. The summed E-state index contributed by atoms with van der Waals surface area (Å²) >= 11 is 5.53. The second kappa shape index (κ2) is 7.02. The summed E-state index contributed by atoms with van der Waals surface area (Å²) in [6.45, 7) is 6.38. The molecule has 0 amide bonds. The molecule has 0 aliphatic heterocycles. The van der Waals surface area contributed by atoms with Crippen LogP contribution < -0.4 is 10.6 Å². The van der Waals surface area contributed by atoms with Crippen LogP contribution >= 0.6 is 12.2 Å². The molecule has 24 heavy (non-hydrogen) atoms. The number of benzene rings is 3. The average Bonchev–Trinajstić information content (AvgIpc) is 2.57. The third-order valence-electron chi connectivity index (χ3n) is 4.29. The predicted molar refractivity (Wildman–Crippen MR) is 108 cm³/mol. The van der Waals surface area contributed by atoms with E-state index < -0.39 is 0 Å². The third kappa shape index (κ3) is 3.57. The van der Waals surface area contributed by atoms with Crippen molar-refractivity contribution in [3.05, 3.63) is 77.4 Å². The second-order valence-corrected chi connectivity index (χ2v) is 6.62. The topological polar surface area (TPSA) is 24.1 Å². The summed E-state index contributed by atoms with van der Waals surface area (Å²) in [7, 11) is 0. The summed E-state index contributed by atoms with van der Waals surface area (Å²) in [5, 5.41) is 9.75. The van der Waals surface area contributed by atoms with Gasteiger partial charge in [-0.05, 0) is 55.6 Å². The van der Waals surface area contributed by atoms with Crippen molar-refractivity contribution < 1.29 is 0 Å². The normalized spacial score (nSPS) is 12.0. The second-order valence-electron chi connectivity index (χ2n) is 6.21. The summed E-state index contributed by atoms with van der Waals surface area (Å²) in [6.07, 6.45) is 0. The highest BCUT2D eigenvalue weighted by molar-refractivity contribution is 7.80. The number of aryl methyl sites for hydroxylation is 2. The molecular formula is C21H22N2S. The van der Waals surface area contributed by atoms with Crippen molar-refractivity contribution in [3.8, 4) is 0 Å². The van der Waals surface area contributed by atoms with Crippen molar-refractivity contribution in [2.24, 2.45) is 0 Å². The Labute approximate surface area is 148 Å². The lowest BCUT2D eigenvalue weighted by molar-refractivity contribution is 0.716. The quantitative estimate of drug-likeness (QED) is 0.618. The molecule has 0 fully saturated rings. The average molecular weight is 334 g/mol. The van der Waals surface area contributed by atoms with Crippen molar-refractivity contribution in [2.75, 3.05) is 5.32 Å². The van der Waals surface area contributed by atoms with Gasteiger partial charge in [-0.2, -0.15) is 0 Å².